The molecule has 0 aliphatic heterocycles. The predicted octanol–water partition coefficient (Wildman–Crippen LogP) is 3.89. The summed E-state index contributed by atoms with van der Waals surface area (Å²) in [6.07, 6.45) is 2.79. The average Bonchev–Trinajstić information content (AvgIpc) is 3.20. The standard InChI is InChI=1S/C22H22ClN7O4S/c1-3-8-29-19(12-24-17-6-4-14(2)5-7-17)26-28-22(29)35-13-20(31)27-25-11-15-9-16(23)10-18(21(15)32)30(33)34/h3-7,9-11,24,32H,1,8,12-13H2,2H3,(H,27,31)/b25-11+. The Balaban J connectivity index is 1.59. The number of nitrogens with one attached hydrogen (secondary N) is 2. The van der Waals surface area contributed by atoms with Crippen molar-refractivity contribution >= 4 is 46.9 Å². The van der Waals surface area contributed by atoms with Gasteiger partial charge in [0.05, 0.1) is 23.4 Å². The number of hydrazone groups is 1. The third-order valence-corrected chi connectivity index (χ3v) is 5.80. The van der Waals surface area contributed by atoms with Crippen molar-refractivity contribution < 1.29 is 14.8 Å². The predicted molar refractivity (Wildman–Crippen MR) is 135 cm³/mol. The highest BCUT2D eigenvalue weighted by molar-refractivity contribution is 7.99. The maximum Gasteiger partial charge on any atom is 0.312 e. The van der Waals surface area contributed by atoms with E-state index in [1.165, 1.54) is 17.8 Å². The first-order valence-electron chi connectivity index (χ1n) is 10.2. The number of nitro benzene ring substituents is 1. The lowest BCUT2D eigenvalue weighted by atomic mass is 10.2. The number of aromatic hydroxyl groups is 1. The quantitative estimate of drug-likeness (QED) is 0.114. The first-order chi connectivity index (χ1) is 16.8. The van der Waals surface area contributed by atoms with E-state index in [9.17, 15) is 20.0 Å². The minimum atomic E-state index is -0.766. The number of allylic oxidation sites excluding steroid dienone is 1. The van der Waals surface area contributed by atoms with Gasteiger partial charge in [0.15, 0.2) is 11.0 Å². The molecular weight excluding hydrogens is 494 g/mol. The Morgan fingerprint density at radius 1 is 1.34 bits per heavy atom. The van der Waals surface area contributed by atoms with Crippen LogP contribution in [0.3, 0.4) is 0 Å². The minimum Gasteiger partial charge on any atom is -0.502 e. The third kappa shape index (κ3) is 7.04. The fraction of sp³-hybridized carbons (Fsp3) is 0.182. The number of hydrogen-bond acceptors (Lipinski definition) is 9. The van der Waals surface area contributed by atoms with Gasteiger partial charge < -0.3 is 15.0 Å². The molecule has 3 aromatic rings. The molecule has 0 aliphatic carbocycles. The molecule has 11 nitrogen and oxygen atoms in total. The van der Waals surface area contributed by atoms with E-state index < -0.39 is 22.3 Å². The number of anilines is 1. The zero-order valence-corrected chi connectivity index (χ0v) is 20.2. The molecule has 0 atom stereocenters. The number of nitrogens with zero attached hydrogens (tertiary/aromatic N) is 5. The van der Waals surface area contributed by atoms with Gasteiger partial charge in [-0.2, -0.15) is 5.10 Å². The molecule has 13 heteroatoms. The maximum absolute atomic E-state index is 12.2. The zero-order chi connectivity index (χ0) is 25.4. The number of aryl methyl sites for hydroxylation is 1. The third-order valence-electron chi connectivity index (χ3n) is 4.61. The Bertz CT molecular complexity index is 1260. The van der Waals surface area contributed by atoms with Gasteiger partial charge in [0.25, 0.3) is 5.91 Å². The molecule has 1 amide bonds. The Morgan fingerprint density at radius 2 is 2.09 bits per heavy atom. The second-order valence-electron chi connectivity index (χ2n) is 7.22. The molecule has 1 aromatic heterocycles. The van der Waals surface area contributed by atoms with Gasteiger partial charge in [0.2, 0.25) is 5.75 Å². The van der Waals surface area contributed by atoms with Crippen molar-refractivity contribution in [3.05, 3.63) is 81.1 Å². The SMILES string of the molecule is C=CCn1c(CNc2ccc(C)cc2)nnc1SCC(=O)N/N=C/c1cc(Cl)cc([N+](=O)[O-])c1O. The average molecular weight is 516 g/mol. The van der Waals surface area contributed by atoms with Crippen LogP contribution in [0.1, 0.15) is 17.0 Å². The highest BCUT2D eigenvalue weighted by Gasteiger charge is 2.18. The molecule has 182 valence electrons. The lowest BCUT2D eigenvalue weighted by Gasteiger charge is -2.09. The molecule has 0 saturated carbocycles. The number of carbonyl (C=O) groups is 1. The van der Waals surface area contributed by atoms with Crippen molar-refractivity contribution in [3.63, 3.8) is 0 Å². The molecule has 3 N–H and O–H groups in total. The van der Waals surface area contributed by atoms with Gasteiger partial charge in [0, 0.05) is 28.9 Å². The van der Waals surface area contributed by atoms with Crippen molar-refractivity contribution in [3.8, 4) is 5.75 Å². The normalized spacial score (nSPS) is 10.9. The van der Waals surface area contributed by atoms with Gasteiger partial charge in [-0.1, -0.05) is 47.1 Å². The van der Waals surface area contributed by atoms with Gasteiger partial charge in [-0.15, -0.1) is 16.8 Å². The van der Waals surface area contributed by atoms with Crippen molar-refractivity contribution in [1.82, 2.24) is 20.2 Å². The molecule has 2 aromatic carbocycles. The molecule has 0 unspecified atom stereocenters. The molecular formula is C22H22ClN7O4S. The fourth-order valence-electron chi connectivity index (χ4n) is 2.90. The largest absolute Gasteiger partial charge is 0.502 e. The molecule has 0 fully saturated rings. The molecule has 0 spiro atoms. The topological polar surface area (TPSA) is 148 Å². The molecule has 35 heavy (non-hydrogen) atoms. The van der Waals surface area contributed by atoms with Crippen molar-refractivity contribution in [2.75, 3.05) is 11.1 Å². The maximum atomic E-state index is 12.2. The van der Waals surface area contributed by atoms with Gasteiger partial charge in [-0.25, -0.2) is 5.43 Å². The number of carbonyl (C=O) groups excluding carboxylic acids is 1. The number of rotatable bonds is 11. The van der Waals surface area contributed by atoms with Gasteiger partial charge in [-0.05, 0) is 25.1 Å². The van der Waals surface area contributed by atoms with Crippen LogP contribution in [0.5, 0.6) is 5.75 Å². The van der Waals surface area contributed by atoms with E-state index in [4.69, 9.17) is 11.6 Å². The Hall–Kier alpha value is -3.90. The van der Waals surface area contributed by atoms with E-state index in [2.05, 4.69) is 32.6 Å². The van der Waals surface area contributed by atoms with Crippen LogP contribution in [-0.4, -0.2) is 42.7 Å². The summed E-state index contributed by atoms with van der Waals surface area (Å²) in [4.78, 5) is 22.4. The van der Waals surface area contributed by atoms with Crippen molar-refractivity contribution in [2.45, 2.75) is 25.2 Å². The van der Waals surface area contributed by atoms with Crippen LogP contribution in [0, 0.1) is 17.0 Å². The van der Waals surface area contributed by atoms with E-state index >= 15 is 0 Å². The van der Waals surface area contributed by atoms with Crippen LogP contribution in [-0.2, 0) is 17.9 Å². The summed E-state index contributed by atoms with van der Waals surface area (Å²) in [5.74, 6) is -0.380. The monoisotopic (exact) mass is 515 g/mol. The van der Waals surface area contributed by atoms with Crippen LogP contribution in [0.4, 0.5) is 11.4 Å². The van der Waals surface area contributed by atoms with Crippen LogP contribution >= 0.6 is 23.4 Å². The Kier molecular flexibility index (Phi) is 8.81. The molecule has 0 radical (unpaired) electrons. The first kappa shape index (κ1) is 25.7. The molecule has 1 heterocycles. The van der Waals surface area contributed by atoms with E-state index in [0.717, 1.165) is 23.5 Å². The highest BCUT2D eigenvalue weighted by Crippen LogP contribution is 2.32. The van der Waals surface area contributed by atoms with E-state index in [-0.39, 0.29) is 16.3 Å². The number of halogens is 1. The Labute approximate surface area is 210 Å². The Morgan fingerprint density at radius 3 is 2.77 bits per heavy atom. The fourth-order valence-corrected chi connectivity index (χ4v) is 3.88. The van der Waals surface area contributed by atoms with E-state index in [0.29, 0.717) is 24.1 Å². The molecule has 0 aliphatic rings. The zero-order valence-electron chi connectivity index (χ0n) is 18.6. The van der Waals surface area contributed by atoms with Crippen LogP contribution in [0.15, 0.2) is 59.3 Å². The minimum absolute atomic E-state index is 0.00593. The van der Waals surface area contributed by atoms with Gasteiger partial charge >= 0.3 is 5.69 Å². The summed E-state index contributed by atoms with van der Waals surface area (Å²) in [5.41, 5.74) is 3.85. The van der Waals surface area contributed by atoms with Crippen LogP contribution in [0.25, 0.3) is 0 Å². The van der Waals surface area contributed by atoms with Crippen molar-refractivity contribution in [2.24, 2.45) is 5.10 Å². The van der Waals surface area contributed by atoms with Gasteiger partial charge in [-0.3, -0.25) is 14.9 Å². The van der Waals surface area contributed by atoms with Crippen molar-refractivity contribution in [1.29, 1.82) is 0 Å². The highest BCUT2D eigenvalue weighted by atomic mass is 35.5. The first-order valence-corrected chi connectivity index (χ1v) is 11.6. The summed E-state index contributed by atoms with van der Waals surface area (Å²) in [6, 6.07) is 10.3. The smallest absolute Gasteiger partial charge is 0.312 e. The second-order valence-corrected chi connectivity index (χ2v) is 8.60. The summed E-state index contributed by atoms with van der Waals surface area (Å²) in [7, 11) is 0. The number of amides is 1. The second kappa shape index (κ2) is 12.0. The van der Waals surface area contributed by atoms with E-state index in [1.807, 2.05) is 35.8 Å². The summed E-state index contributed by atoms with van der Waals surface area (Å²) < 4.78 is 1.85. The molecule has 3 rings (SSSR count). The number of nitro groups is 1. The van der Waals surface area contributed by atoms with Gasteiger partial charge in [0.1, 0.15) is 0 Å². The van der Waals surface area contributed by atoms with Crippen LogP contribution in [0.2, 0.25) is 5.02 Å². The summed E-state index contributed by atoms with van der Waals surface area (Å²) >= 11 is 7.00. The number of benzene rings is 2. The molecule has 0 saturated heterocycles. The van der Waals surface area contributed by atoms with Crippen LogP contribution < -0.4 is 10.7 Å². The lowest BCUT2D eigenvalue weighted by molar-refractivity contribution is -0.385. The van der Waals surface area contributed by atoms with E-state index in [1.54, 1.807) is 6.08 Å². The lowest BCUT2D eigenvalue weighted by Crippen LogP contribution is -2.20. The summed E-state index contributed by atoms with van der Waals surface area (Å²) in [5, 5.41) is 36.9. The number of phenolic OH excluding ortho intramolecular Hbond substituents is 1. The number of aromatic nitrogens is 3. The summed E-state index contributed by atoms with van der Waals surface area (Å²) in [6.45, 7) is 6.69. The molecule has 0 bridgehead atoms. The number of hydrogen-bond donors (Lipinski definition) is 3. The number of phenols is 1. The number of thioether (sulfide) groups is 1.